The van der Waals surface area contributed by atoms with Crippen molar-refractivity contribution in [2.75, 3.05) is 52.8 Å². The number of unbranched alkanes of at least 4 members (excludes halogenated alkanes) is 12. The highest BCUT2D eigenvalue weighted by Crippen LogP contribution is 2.13. The van der Waals surface area contributed by atoms with E-state index >= 15 is 0 Å². The van der Waals surface area contributed by atoms with E-state index in [1.165, 1.54) is 82.8 Å². The van der Waals surface area contributed by atoms with Gasteiger partial charge in [0.1, 0.15) is 6.61 Å². The lowest BCUT2D eigenvalue weighted by Crippen LogP contribution is -2.33. The van der Waals surface area contributed by atoms with Gasteiger partial charge < -0.3 is 18.9 Å². The molecule has 0 aromatic rings. The van der Waals surface area contributed by atoms with Gasteiger partial charge in [0.2, 0.25) is 0 Å². The van der Waals surface area contributed by atoms with E-state index in [0.29, 0.717) is 39.5 Å². The fourth-order valence-electron chi connectivity index (χ4n) is 3.92. The Balaban J connectivity index is 1.72. The molecule has 0 bridgehead atoms. The van der Waals surface area contributed by atoms with Crippen molar-refractivity contribution in [2.24, 2.45) is 0 Å². The number of carbonyl (C=O) groups excluding carboxylic acids is 3. The van der Waals surface area contributed by atoms with Gasteiger partial charge >= 0.3 is 5.97 Å². The Kier molecular flexibility index (Phi) is 21.2. The summed E-state index contributed by atoms with van der Waals surface area (Å²) < 4.78 is 21.3. The summed E-state index contributed by atoms with van der Waals surface area (Å²) in [6, 6.07) is 0. The van der Waals surface area contributed by atoms with E-state index in [0.717, 1.165) is 17.7 Å². The molecule has 0 saturated heterocycles. The second-order valence-electron chi connectivity index (χ2n) is 9.21. The number of imide groups is 1. The quantitative estimate of drug-likeness (QED) is 0.0918. The molecular weight excluding hydrogens is 462 g/mol. The Labute approximate surface area is 218 Å². The van der Waals surface area contributed by atoms with Gasteiger partial charge in [0.25, 0.3) is 11.8 Å². The molecule has 208 valence electrons. The number of ether oxygens (including phenoxy) is 4. The molecule has 1 aliphatic rings. The highest BCUT2D eigenvalue weighted by Gasteiger charge is 2.22. The molecule has 0 unspecified atom stereocenters. The van der Waals surface area contributed by atoms with Crippen LogP contribution in [0, 0.1) is 0 Å². The first-order valence-corrected chi connectivity index (χ1v) is 14.1. The Hall–Kier alpha value is -1.77. The summed E-state index contributed by atoms with van der Waals surface area (Å²) >= 11 is 0. The summed E-state index contributed by atoms with van der Waals surface area (Å²) in [7, 11) is 0. The van der Waals surface area contributed by atoms with Crippen molar-refractivity contribution in [1.82, 2.24) is 4.90 Å². The zero-order chi connectivity index (χ0) is 26.1. The molecule has 0 radical (unpaired) electrons. The summed E-state index contributed by atoms with van der Waals surface area (Å²) in [6.07, 6.45) is 19.8. The molecule has 0 aromatic carbocycles. The van der Waals surface area contributed by atoms with E-state index in [1.54, 1.807) is 0 Å². The lowest BCUT2D eigenvalue weighted by atomic mass is 10.0. The number of nitrogens with zero attached hydrogens (tertiary/aromatic N) is 1. The fourth-order valence-corrected chi connectivity index (χ4v) is 3.92. The number of hydrogen-bond acceptors (Lipinski definition) is 7. The molecule has 0 saturated carbocycles. The Bertz CT molecular complexity index is 591. The molecule has 0 aliphatic carbocycles. The van der Waals surface area contributed by atoms with Crippen LogP contribution in [0.5, 0.6) is 0 Å². The van der Waals surface area contributed by atoms with Crippen molar-refractivity contribution in [3.05, 3.63) is 12.2 Å². The highest BCUT2D eigenvalue weighted by molar-refractivity contribution is 6.12. The van der Waals surface area contributed by atoms with Gasteiger partial charge in [-0.1, -0.05) is 84.0 Å². The largest absolute Gasteiger partial charge is 0.463 e. The van der Waals surface area contributed by atoms with Crippen molar-refractivity contribution in [3.8, 4) is 0 Å². The maximum Gasteiger partial charge on any atom is 0.305 e. The fraction of sp³-hybridized carbons (Fsp3) is 0.821. The second-order valence-corrected chi connectivity index (χ2v) is 9.21. The van der Waals surface area contributed by atoms with Crippen LogP contribution in [0.2, 0.25) is 0 Å². The van der Waals surface area contributed by atoms with E-state index in [4.69, 9.17) is 18.9 Å². The summed E-state index contributed by atoms with van der Waals surface area (Å²) in [5.41, 5.74) is 0. The minimum atomic E-state index is -0.303. The first-order chi connectivity index (χ1) is 17.6. The van der Waals surface area contributed by atoms with E-state index in [2.05, 4.69) is 6.92 Å². The highest BCUT2D eigenvalue weighted by atomic mass is 16.6. The second kappa shape index (κ2) is 23.6. The van der Waals surface area contributed by atoms with Crippen LogP contribution in [-0.2, 0) is 33.3 Å². The van der Waals surface area contributed by atoms with E-state index in [9.17, 15) is 14.4 Å². The molecule has 0 spiro atoms. The van der Waals surface area contributed by atoms with Crippen molar-refractivity contribution >= 4 is 17.8 Å². The number of carbonyl (C=O) groups is 3. The van der Waals surface area contributed by atoms with Gasteiger partial charge in [-0.05, 0) is 6.42 Å². The van der Waals surface area contributed by atoms with Gasteiger partial charge in [-0.15, -0.1) is 0 Å². The van der Waals surface area contributed by atoms with E-state index < -0.39 is 0 Å². The normalized spacial score (nSPS) is 13.2. The van der Waals surface area contributed by atoms with Crippen LogP contribution in [0.3, 0.4) is 0 Å². The van der Waals surface area contributed by atoms with Gasteiger partial charge in [0.15, 0.2) is 0 Å². The maximum atomic E-state index is 11.8. The third-order valence-corrected chi connectivity index (χ3v) is 6.08. The molecule has 2 amide bonds. The van der Waals surface area contributed by atoms with Gasteiger partial charge in [0, 0.05) is 18.6 Å². The molecule has 8 nitrogen and oxygen atoms in total. The minimum absolute atomic E-state index is 0.150. The molecule has 0 aromatic heterocycles. The van der Waals surface area contributed by atoms with Crippen LogP contribution in [0.15, 0.2) is 12.2 Å². The van der Waals surface area contributed by atoms with Crippen LogP contribution >= 0.6 is 0 Å². The monoisotopic (exact) mass is 511 g/mol. The van der Waals surface area contributed by atoms with Crippen LogP contribution in [0.4, 0.5) is 0 Å². The lowest BCUT2D eigenvalue weighted by molar-refractivity contribution is -0.145. The summed E-state index contributed by atoms with van der Waals surface area (Å²) in [4.78, 5) is 35.6. The molecule has 1 aliphatic heterocycles. The van der Waals surface area contributed by atoms with Crippen LogP contribution in [0.1, 0.15) is 96.8 Å². The predicted octanol–water partition coefficient (Wildman–Crippen LogP) is 4.99. The first-order valence-electron chi connectivity index (χ1n) is 14.1. The Morgan fingerprint density at radius 1 is 0.611 bits per heavy atom. The SMILES string of the molecule is CCCCCCCCCCCCCCCC(=O)OCCOCCOCCOCCN1C(=O)C=CC1=O. The summed E-state index contributed by atoms with van der Waals surface area (Å²) in [6.45, 7) is 5.02. The van der Waals surface area contributed by atoms with Gasteiger partial charge in [0.05, 0.1) is 46.2 Å². The van der Waals surface area contributed by atoms with Crippen LogP contribution in [0.25, 0.3) is 0 Å². The average molecular weight is 512 g/mol. The van der Waals surface area contributed by atoms with Gasteiger partial charge in [-0.3, -0.25) is 19.3 Å². The van der Waals surface area contributed by atoms with Crippen LogP contribution in [-0.4, -0.2) is 75.5 Å². The molecule has 0 atom stereocenters. The van der Waals surface area contributed by atoms with Crippen molar-refractivity contribution in [1.29, 1.82) is 0 Å². The smallest absolute Gasteiger partial charge is 0.305 e. The maximum absolute atomic E-state index is 11.8. The standard InChI is InChI=1S/C28H49NO7/c1-2-3-4-5-6-7-8-9-10-11-12-13-14-15-28(32)36-25-24-35-23-22-34-21-20-33-19-18-29-26(30)16-17-27(29)31/h16-17H,2-15,18-25H2,1H3. The third kappa shape index (κ3) is 18.5. The zero-order valence-electron chi connectivity index (χ0n) is 22.5. The minimum Gasteiger partial charge on any atom is -0.463 e. The Morgan fingerprint density at radius 3 is 1.53 bits per heavy atom. The van der Waals surface area contributed by atoms with Gasteiger partial charge in [-0.2, -0.15) is 0 Å². The molecule has 8 heteroatoms. The summed E-state index contributed by atoms with van der Waals surface area (Å²) in [5, 5.41) is 0. The molecule has 36 heavy (non-hydrogen) atoms. The number of amides is 2. The topological polar surface area (TPSA) is 91.4 Å². The number of rotatable bonds is 26. The van der Waals surface area contributed by atoms with Crippen molar-refractivity contribution in [3.63, 3.8) is 0 Å². The predicted molar refractivity (Wildman–Crippen MR) is 140 cm³/mol. The van der Waals surface area contributed by atoms with E-state index in [1.807, 2.05) is 0 Å². The van der Waals surface area contributed by atoms with Gasteiger partial charge in [-0.25, -0.2) is 0 Å². The number of esters is 1. The molecule has 1 heterocycles. The van der Waals surface area contributed by atoms with Crippen molar-refractivity contribution in [2.45, 2.75) is 96.8 Å². The molecular formula is C28H49NO7. The van der Waals surface area contributed by atoms with Crippen LogP contribution < -0.4 is 0 Å². The first kappa shape index (κ1) is 32.3. The third-order valence-electron chi connectivity index (χ3n) is 6.08. The molecule has 1 rings (SSSR count). The molecule has 0 fully saturated rings. The van der Waals surface area contributed by atoms with E-state index in [-0.39, 0.29) is 37.5 Å². The number of hydrogen-bond donors (Lipinski definition) is 0. The molecule has 0 N–H and O–H groups in total. The lowest BCUT2D eigenvalue weighted by Gasteiger charge is -2.13. The van der Waals surface area contributed by atoms with Crippen molar-refractivity contribution < 1.29 is 33.3 Å². The average Bonchev–Trinajstić information content (AvgIpc) is 3.19. The Morgan fingerprint density at radius 2 is 1.03 bits per heavy atom. The summed E-state index contributed by atoms with van der Waals surface area (Å²) in [5.74, 6) is -0.757. The zero-order valence-corrected chi connectivity index (χ0v) is 22.5.